The van der Waals surface area contributed by atoms with Gasteiger partial charge < -0.3 is 15.0 Å². The van der Waals surface area contributed by atoms with Gasteiger partial charge in [-0.05, 0) is 51.4 Å². The average Bonchev–Trinajstić information content (AvgIpc) is 2.46. The first-order valence-electron chi connectivity index (χ1n) is 6.26. The highest BCUT2D eigenvalue weighted by Gasteiger charge is 2.53. The first kappa shape index (κ1) is 18.1. The van der Waals surface area contributed by atoms with Gasteiger partial charge in [0.1, 0.15) is 0 Å². The number of hydrogen-bond acceptors (Lipinski definition) is 3. The Hall–Kier alpha value is -0.915. The van der Waals surface area contributed by atoms with E-state index in [1.165, 1.54) is 12.1 Å². The summed E-state index contributed by atoms with van der Waals surface area (Å²) in [5.74, 6) is 0. The fourth-order valence-corrected chi connectivity index (χ4v) is 2.00. The van der Waals surface area contributed by atoms with Gasteiger partial charge in [-0.1, -0.05) is 0 Å². The number of anilines is 1. The van der Waals surface area contributed by atoms with Crippen molar-refractivity contribution in [1.29, 1.82) is 0 Å². The SMILES string of the molecule is CC1(C)OB(c2cc(N)ccc2C(F)(F)F)OC1(C)C.Cl. The van der Waals surface area contributed by atoms with Crippen molar-refractivity contribution in [2.75, 3.05) is 5.73 Å². The highest BCUT2D eigenvalue weighted by molar-refractivity contribution is 6.62. The van der Waals surface area contributed by atoms with E-state index in [1.54, 1.807) is 27.7 Å². The summed E-state index contributed by atoms with van der Waals surface area (Å²) in [6.45, 7) is 7.14. The third-order valence-electron chi connectivity index (χ3n) is 3.89. The summed E-state index contributed by atoms with van der Waals surface area (Å²) in [6, 6.07) is 3.43. The molecule has 0 radical (unpaired) electrons. The monoisotopic (exact) mass is 323 g/mol. The van der Waals surface area contributed by atoms with Gasteiger partial charge in [-0.3, -0.25) is 0 Å². The molecule has 0 aliphatic carbocycles. The van der Waals surface area contributed by atoms with Crippen LogP contribution in [0.25, 0.3) is 0 Å². The predicted octanol–water partition coefficient (Wildman–Crippen LogP) is 3.01. The molecule has 1 saturated heterocycles. The van der Waals surface area contributed by atoms with Gasteiger partial charge in [-0.2, -0.15) is 13.2 Å². The minimum absolute atomic E-state index is 0. The molecular formula is C13H18BClF3NO2. The van der Waals surface area contributed by atoms with Crippen molar-refractivity contribution >= 4 is 30.7 Å². The number of alkyl halides is 3. The first-order valence-corrected chi connectivity index (χ1v) is 6.26. The molecule has 1 aliphatic heterocycles. The van der Waals surface area contributed by atoms with Gasteiger partial charge in [-0.25, -0.2) is 0 Å². The van der Waals surface area contributed by atoms with Crippen molar-refractivity contribution in [1.82, 2.24) is 0 Å². The molecule has 118 valence electrons. The van der Waals surface area contributed by atoms with E-state index < -0.39 is 30.1 Å². The maximum Gasteiger partial charge on any atom is 0.495 e. The molecular weight excluding hydrogens is 305 g/mol. The third-order valence-corrected chi connectivity index (χ3v) is 3.89. The Morgan fingerprint density at radius 1 is 1.05 bits per heavy atom. The van der Waals surface area contributed by atoms with Gasteiger partial charge in [0.05, 0.1) is 16.8 Å². The third kappa shape index (κ3) is 3.30. The molecule has 1 aliphatic rings. The summed E-state index contributed by atoms with van der Waals surface area (Å²) in [5, 5.41) is 0. The Bertz CT molecular complexity index is 519. The van der Waals surface area contributed by atoms with Crippen LogP contribution >= 0.6 is 12.4 Å². The van der Waals surface area contributed by atoms with Crippen molar-refractivity contribution in [3.8, 4) is 0 Å². The maximum atomic E-state index is 13.1. The van der Waals surface area contributed by atoms with Crippen LogP contribution in [-0.2, 0) is 15.5 Å². The zero-order valence-corrected chi connectivity index (χ0v) is 13.1. The molecule has 0 bridgehead atoms. The van der Waals surface area contributed by atoms with E-state index in [-0.39, 0.29) is 23.6 Å². The fourth-order valence-electron chi connectivity index (χ4n) is 2.00. The molecule has 21 heavy (non-hydrogen) atoms. The summed E-state index contributed by atoms with van der Waals surface area (Å²) in [4.78, 5) is 0. The van der Waals surface area contributed by atoms with Crippen LogP contribution in [0.15, 0.2) is 18.2 Å². The number of benzene rings is 1. The van der Waals surface area contributed by atoms with E-state index in [1.807, 2.05) is 0 Å². The molecule has 8 heteroatoms. The molecule has 1 heterocycles. The van der Waals surface area contributed by atoms with E-state index in [9.17, 15) is 13.2 Å². The summed E-state index contributed by atoms with van der Waals surface area (Å²) in [6.07, 6.45) is -4.48. The smallest absolute Gasteiger partial charge is 0.399 e. The lowest BCUT2D eigenvalue weighted by Crippen LogP contribution is -2.41. The average molecular weight is 324 g/mol. The largest absolute Gasteiger partial charge is 0.495 e. The zero-order valence-electron chi connectivity index (χ0n) is 12.2. The maximum absolute atomic E-state index is 13.1. The number of hydrogen-bond donors (Lipinski definition) is 1. The molecule has 0 amide bonds. The molecule has 1 aromatic carbocycles. The lowest BCUT2D eigenvalue weighted by Gasteiger charge is -2.32. The molecule has 1 aromatic rings. The second kappa shape index (κ2) is 5.37. The highest BCUT2D eigenvalue weighted by Crippen LogP contribution is 2.38. The lowest BCUT2D eigenvalue weighted by atomic mass is 9.75. The number of rotatable bonds is 1. The summed E-state index contributed by atoms with van der Waals surface area (Å²) in [7, 11) is -1.08. The van der Waals surface area contributed by atoms with Gasteiger partial charge in [0, 0.05) is 5.69 Å². The molecule has 0 saturated carbocycles. The minimum atomic E-state index is -4.48. The van der Waals surface area contributed by atoms with Gasteiger partial charge in [0.15, 0.2) is 0 Å². The number of nitrogen functional groups attached to an aromatic ring is 1. The Morgan fingerprint density at radius 3 is 1.95 bits per heavy atom. The van der Waals surface area contributed by atoms with Crippen molar-refractivity contribution in [2.24, 2.45) is 0 Å². The summed E-state index contributed by atoms with van der Waals surface area (Å²) < 4.78 is 50.5. The van der Waals surface area contributed by atoms with Crippen LogP contribution in [0.4, 0.5) is 18.9 Å². The van der Waals surface area contributed by atoms with Crippen LogP contribution in [0, 0.1) is 0 Å². The minimum Gasteiger partial charge on any atom is -0.399 e. The van der Waals surface area contributed by atoms with Gasteiger partial charge in [0.25, 0.3) is 0 Å². The van der Waals surface area contributed by atoms with Gasteiger partial charge in [0.2, 0.25) is 0 Å². The predicted molar refractivity (Wildman–Crippen MR) is 78.8 cm³/mol. The normalized spacial score (nSPS) is 20.2. The molecule has 0 aromatic heterocycles. The van der Waals surface area contributed by atoms with E-state index in [2.05, 4.69) is 0 Å². The van der Waals surface area contributed by atoms with Crippen LogP contribution in [0.2, 0.25) is 0 Å². The van der Waals surface area contributed by atoms with E-state index in [0.29, 0.717) is 0 Å². The molecule has 2 N–H and O–H groups in total. The van der Waals surface area contributed by atoms with E-state index in [4.69, 9.17) is 15.0 Å². The Balaban J connectivity index is 0.00000220. The van der Waals surface area contributed by atoms with Crippen LogP contribution in [-0.4, -0.2) is 18.3 Å². The highest BCUT2D eigenvalue weighted by atomic mass is 35.5. The first-order chi connectivity index (χ1) is 8.94. The standard InChI is InChI=1S/C13H17BF3NO2.ClH/c1-11(2)12(3,4)20-14(19-11)10-7-8(18)5-6-9(10)13(15,16)17;/h5-7H,18H2,1-4H3;1H. The molecule has 0 unspecified atom stereocenters. The van der Waals surface area contributed by atoms with E-state index >= 15 is 0 Å². The van der Waals surface area contributed by atoms with Crippen molar-refractivity contribution < 1.29 is 22.5 Å². The fraction of sp³-hybridized carbons (Fsp3) is 0.538. The van der Waals surface area contributed by atoms with Crippen molar-refractivity contribution in [2.45, 2.75) is 45.1 Å². The summed E-state index contributed by atoms with van der Waals surface area (Å²) in [5.41, 5.74) is 3.55. The molecule has 3 nitrogen and oxygen atoms in total. The van der Waals surface area contributed by atoms with Crippen LogP contribution in [0.1, 0.15) is 33.3 Å². The van der Waals surface area contributed by atoms with Gasteiger partial charge in [-0.15, -0.1) is 12.4 Å². The molecule has 0 spiro atoms. The molecule has 0 atom stereocenters. The second-order valence-corrected chi connectivity index (χ2v) is 5.93. The topological polar surface area (TPSA) is 44.5 Å². The molecule has 2 rings (SSSR count). The van der Waals surface area contributed by atoms with E-state index in [0.717, 1.165) is 6.07 Å². The van der Waals surface area contributed by atoms with Crippen molar-refractivity contribution in [3.63, 3.8) is 0 Å². The quantitative estimate of drug-likeness (QED) is 0.638. The zero-order chi connectivity index (χ0) is 15.3. The van der Waals surface area contributed by atoms with Crippen LogP contribution in [0.3, 0.4) is 0 Å². The Kier molecular flexibility index (Phi) is 4.64. The van der Waals surface area contributed by atoms with Gasteiger partial charge >= 0.3 is 13.3 Å². The lowest BCUT2D eigenvalue weighted by molar-refractivity contribution is -0.136. The van der Waals surface area contributed by atoms with Crippen LogP contribution < -0.4 is 11.2 Å². The molecule has 1 fully saturated rings. The van der Waals surface area contributed by atoms with Crippen molar-refractivity contribution in [3.05, 3.63) is 23.8 Å². The number of nitrogens with two attached hydrogens (primary N) is 1. The summed E-state index contributed by atoms with van der Waals surface area (Å²) >= 11 is 0. The Morgan fingerprint density at radius 2 is 1.52 bits per heavy atom. The van der Waals surface area contributed by atoms with Crippen LogP contribution in [0.5, 0.6) is 0 Å². The Labute approximate surface area is 128 Å². The number of halogens is 4. The second-order valence-electron chi connectivity index (χ2n) is 5.93.